The van der Waals surface area contributed by atoms with E-state index in [9.17, 15) is 4.79 Å². The first-order chi connectivity index (χ1) is 10.3. The average Bonchev–Trinajstić information content (AvgIpc) is 2.53. The van der Waals surface area contributed by atoms with E-state index in [4.69, 9.17) is 5.73 Å². The summed E-state index contributed by atoms with van der Waals surface area (Å²) in [5, 5.41) is 3.13. The van der Waals surface area contributed by atoms with Crippen molar-refractivity contribution in [1.82, 2.24) is 5.32 Å². The number of hydrogen-bond donors (Lipinski definition) is 2. The highest BCUT2D eigenvalue weighted by molar-refractivity contribution is 5.79. The fourth-order valence-corrected chi connectivity index (χ4v) is 3.44. The summed E-state index contributed by atoms with van der Waals surface area (Å²) in [6.07, 6.45) is 15.1. The molecule has 1 aliphatic rings. The second kappa shape index (κ2) is 12.0. The Morgan fingerprint density at radius 1 is 1.00 bits per heavy atom. The van der Waals surface area contributed by atoms with Gasteiger partial charge in [-0.15, -0.1) is 0 Å². The third-order valence-electron chi connectivity index (χ3n) is 4.88. The Balaban J connectivity index is 2.00. The Kier molecular flexibility index (Phi) is 10.6. The van der Waals surface area contributed by atoms with Crippen LogP contribution in [-0.2, 0) is 4.79 Å². The van der Waals surface area contributed by atoms with Gasteiger partial charge in [0.25, 0.3) is 0 Å². The van der Waals surface area contributed by atoms with E-state index in [1.807, 2.05) is 0 Å². The van der Waals surface area contributed by atoms with Crippen molar-refractivity contribution >= 4 is 5.91 Å². The van der Waals surface area contributed by atoms with Crippen molar-refractivity contribution in [3.8, 4) is 0 Å². The third-order valence-corrected chi connectivity index (χ3v) is 4.88. The molecule has 1 amide bonds. The maximum Gasteiger partial charge on any atom is 0.223 e. The smallest absolute Gasteiger partial charge is 0.223 e. The molecule has 0 aliphatic heterocycles. The van der Waals surface area contributed by atoms with E-state index in [1.165, 1.54) is 57.8 Å². The zero-order chi connectivity index (χ0) is 15.3. The lowest BCUT2D eigenvalue weighted by molar-refractivity contribution is -0.127. The number of nitrogens with two attached hydrogens (primary N) is 1. The minimum Gasteiger partial charge on any atom is -0.356 e. The zero-order valence-corrected chi connectivity index (χ0v) is 14.0. The largest absolute Gasteiger partial charge is 0.356 e. The van der Waals surface area contributed by atoms with Crippen molar-refractivity contribution in [3.63, 3.8) is 0 Å². The van der Waals surface area contributed by atoms with Crippen LogP contribution in [0.15, 0.2) is 0 Å². The molecule has 0 radical (unpaired) electrons. The van der Waals surface area contributed by atoms with E-state index in [-0.39, 0.29) is 11.8 Å². The SMILES string of the molecule is CCCCCCCCCCNC(=O)C1CCCCC1CN. The number of nitrogens with one attached hydrogen (secondary N) is 1. The topological polar surface area (TPSA) is 55.1 Å². The van der Waals surface area contributed by atoms with Gasteiger partial charge in [-0.05, 0) is 31.7 Å². The van der Waals surface area contributed by atoms with Crippen molar-refractivity contribution in [2.24, 2.45) is 17.6 Å². The van der Waals surface area contributed by atoms with E-state index >= 15 is 0 Å². The quantitative estimate of drug-likeness (QED) is 0.566. The van der Waals surface area contributed by atoms with Gasteiger partial charge < -0.3 is 11.1 Å². The van der Waals surface area contributed by atoms with Crippen molar-refractivity contribution in [1.29, 1.82) is 0 Å². The highest BCUT2D eigenvalue weighted by atomic mass is 16.1. The van der Waals surface area contributed by atoms with E-state index in [0.717, 1.165) is 25.8 Å². The molecule has 0 heterocycles. The Bertz CT molecular complexity index is 268. The van der Waals surface area contributed by atoms with Crippen LogP contribution in [0.1, 0.15) is 84.0 Å². The van der Waals surface area contributed by atoms with Gasteiger partial charge in [0.15, 0.2) is 0 Å². The standard InChI is InChI=1S/C18H36N2O/c1-2-3-4-5-6-7-8-11-14-20-18(21)17-13-10-9-12-16(17)15-19/h16-17H,2-15,19H2,1H3,(H,20,21). The Morgan fingerprint density at radius 3 is 2.29 bits per heavy atom. The molecule has 0 aromatic heterocycles. The molecular weight excluding hydrogens is 260 g/mol. The molecule has 124 valence electrons. The van der Waals surface area contributed by atoms with Crippen molar-refractivity contribution in [3.05, 3.63) is 0 Å². The monoisotopic (exact) mass is 296 g/mol. The summed E-state index contributed by atoms with van der Waals surface area (Å²) in [6.45, 7) is 3.77. The molecule has 0 spiro atoms. The van der Waals surface area contributed by atoms with Gasteiger partial charge in [-0.1, -0.05) is 64.7 Å². The van der Waals surface area contributed by atoms with Crippen LogP contribution < -0.4 is 11.1 Å². The third kappa shape index (κ3) is 7.85. The van der Waals surface area contributed by atoms with E-state index < -0.39 is 0 Å². The number of carbonyl (C=O) groups excluding carboxylic acids is 1. The normalized spacial score (nSPS) is 22.2. The molecule has 1 aliphatic carbocycles. The van der Waals surface area contributed by atoms with E-state index in [0.29, 0.717) is 12.5 Å². The summed E-state index contributed by atoms with van der Waals surface area (Å²) in [7, 11) is 0. The fourth-order valence-electron chi connectivity index (χ4n) is 3.44. The highest BCUT2D eigenvalue weighted by Gasteiger charge is 2.29. The minimum atomic E-state index is 0.179. The first-order valence-electron chi connectivity index (χ1n) is 9.27. The van der Waals surface area contributed by atoms with Gasteiger partial charge in [-0.3, -0.25) is 4.79 Å². The predicted molar refractivity (Wildman–Crippen MR) is 90.1 cm³/mol. The lowest BCUT2D eigenvalue weighted by Gasteiger charge is -2.29. The molecule has 21 heavy (non-hydrogen) atoms. The second-order valence-corrected chi connectivity index (χ2v) is 6.65. The van der Waals surface area contributed by atoms with Crippen LogP contribution in [0.5, 0.6) is 0 Å². The number of rotatable bonds is 11. The molecule has 1 rings (SSSR count). The van der Waals surface area contributed by atoms with Crippen LogP contribution >= 0.6 is 0 Å². The molecule has 1 saturated carbocycles. The number of hydrogen-bond acceptors (Lipinski definition) is 2. The van der Waals surface area contributed by atoms with Crippen LogP contribution in [-0.4, -0.2) is 19.0 Å². The van der Waals surface area contributed by atoms with Crippen molar-refractivity contribution in [2.45, 2.75) is 84.0 Å². The van der Waals surface area contributed by atoms with Gasteiger partial charge in [-0.2, -0.15) is 0 Å². The molecule has 3 nitrogen and oxygen atoms in total. The summed E-state index contributed by atoms with van der Waals surface area (Å²) < 4.78 is 0. The van der Waals surface area contributed by atoms with Crippen LogP contribution in [0.25, 0.3) is 0 Å². The minimum absolute atomic E-state index is 0.179. The highest BCUT2D eigenvalue weighted by Crippen LogP contribution is 2.29. The van der Waals surface area contributed by atoms with Gasteiger partial charge >= 0.3 is 0 Å². The van der Waals surface area contributed by atoms with Crippen LogP contribution in [0, 0.1) is 11.8 Å². The molecule has 0 bridgehead atoms. The van der Waals surface area contributed by atoms with Crippen LogP contribution in [0.3, 0.4) is 0 Å². The molecule has 1 fully saturated rings. The molecule has 2 unspecified atom stereocenters. The van der Waals surface area contributed by atoms with Gasteiger partial charge in [-0.25, -0.2) is 0 Å². The number of carbonyl (C=O) groups is 1. The van der Waals surface area contributed by atoms with Gasteiger partial charge in [0.05, 0.1) is 0 Å². The number of unbranched alkanes of at least 4 members (excludes halogenated alkanes) is 7. The fraction of sp³-hybridized carbons (Fsp3) is 0.944. The molecule has 2 atom stereocenters. The molecule has 0 aromatic rings. The van der Waals surface area contributed by atoms with E-state index in [2.05, 4.69) is 12.2 Å². The molecule has 0 aromatic carbocycles. The number of amides is 1. The lowest BCUT2D eigenvalue weighted by Crippen LogP contribution is -2.39. The Labute approximate surface area is 131 Å². The molecule has 0 saturated heterocycles. The molecule has 3 heteroatoms. The summed E-state index contributed by atoms with van der Waals surface area (Å²) in [5.74, 6) is 0.850. The van der Waals surface area contributed by atoms with Crippen LogP contribution in [0.4, 0.5) is 0 Å². The maximum absolute atomic E-state index is 12.2. The zero-order valence-electron chi connectivity index (χ0n) is 14.0. The Morgan fingerprint density at radius 2 is 1.62 bits per heavy atom. The van der Waals surface area contributed by atoms with Crippen LogP contribution in [0.2, 0.25) is 0 Å². The average molecular weight is 296 g/mol. The van der Waals surface area contributed by atoms with Gasteiger partial charge in [0.1, 0.15) is 0 Å². The Hall–Kier alpha value is -0.570. The maximum atomic E-state index is 12.2. The predicted octanol–water partition coefficient (Wildman–Crippen LogP) is 4.01. The summed E-state index contributed by atoms with van der Waals surface area (Å²) >= 11 is 0. The van der Waals surface area contributed by atoms with Crippen molar-refractivity contribution in [2.75, 3.05) is 13.1 Å². The summed E-state index contributed by atoms with van der Waals surface area (Å²) in [5.41, 5.74) is 5.80. The summed E-state index contributed by atoms with van der Waals surface area (Å²) in [6, 6.07) is 0. The first kappa shape index (κ1) is 18.5. The summed E-state index contributed by atoms with van der Waals surface area (Å²) in [4.78, 5) is 12.2. The van der Waals surface area contributed by atoms with Gasteiger partial charge in [0, 0.05) is 12.5 Å². The molecule has 3 N–H and O–H groups in total. The van der Waals surface area contributed by atoms with E-state index in [1.54, 1.807) is 0 Å². The second-order valence-electron chi connectivity index (χ2n) is 6.65. The van der Waals surface area contributed by atoms with Gasteiger partial charge in [0.2, 0.25) is 5.91 Å². The lowest BCUT2D eigenvalue weighted by atomic mass is 9.79. The molecular formula is C18H36N2O. The van der Waals surface area contributed by atoms with Crippen molar-refractivity contribution < 1.29 is 4.79 Å². The first-order valence-corrected chi connectivity index (χ1v) is 9.27.